The molecule has 1 aliphatic rings. The number of hydrogen-bond acceptors (Lipinski definition) is 3. The van der Waals surface area contributed by atoms with Crippen LogP contribution in [0.25, 0.3) is 0 Å². The summed E-state index contributed by atoms with van der Waals surface area (Å²) >= 11 is 13.4. The van der Waals surface area contributed by atoms with Crippen molar-refractivity contribution >= 4 is 50.2 Å². The fourth-order valence-corrected chi connectivity index (χ4v) is 6.05. The van der Waals surface area contributed by atoms with E-state index in [9.17, 15) is 0 Å². The van der Waals surface area contributed by atoms with Gasteiger partial charge >= 0.3 is 0 Å². The molecule has 0 fully saturated rings. The molecule has 0 saturated heterocycles. The molecule has 21 heavy (non-hydrogen) atoms. The molecule has 1 nitrogen and oxygen atoms in total. The Hall–Kier alpha value is 0.130. The van der Waals surface area contributed by atoms with Crippen molar-refractivity contribution in [1.82, 2.24) is 5.32 Å². The minimum Gasteiger partial charge on any atom is -0.305 e. The second-order valence-corrected chi connectivity index (χ2v) is 9.17. The predicted octanol–water partition coefficient (Wildman–Crippen LogP) is 6.19. The molecule has 2 aromatic heterocycles. The van der Waals surface area contributed by atoms with E-state index in [2.05, 4.69) is 40.3 Å². The Labute approximate surface area is 147 Å². The highest BCUT2D eigenvalue weighted by Crippen LogP contribution is 2.41. The molecule has 0 aromatic carbocycles. The van der Waals surface area contributed by atoms with Crippen molar-refractivity contribution in [2.24, 2.45) is 0 Å². The smallest absolute Gasteiger partial charge is 0.107 e. The van der Waals surface area contributed by atoms with Crippen molar-refractivity contribution in [3.8, 4) is 0 Å². The summed E-state index contributed by atoms with van der Waals surface area (Å²) in [5.41, 5.74) is 1.58. The van der Waals surface area contributed by atoms with E-state index in [4.69, 9.17) is 11.6 Å². The SMILES string of the molecule is CCCNC(c1cc(Br)c(Cl)s1)c1cc2c(s1)CCCC2. The fraction of sp³-hybridized carbons (Fsp3) is 0.500. The van der Waals surface area contributed by atoms with E-state index in [1.54, 1.807) is 21.8 Å². The second-order valence-electron chi connectivity index (χ2n) is 5.46. The monoisotopic (exact) mass is 403 g/mol. The maximum atomic E-state index is 6.24. The normalized spacial score (nSPS) is 16.0. The lowest BCUT2D eigenvalue weighted by Gasteiger charge is -2.15. The van der Waals surface area contributed by atoms with Crippen LogP contribution in [0.3, 0.4) is 0 Å². The molecule has 0 spiro atoms. The summed E-state index contributed by atoms with van der Waals surface area (Å²) in [5.74, 6) is 0. The van der Waals surface area contributed by atoms with Crippen LogP contribution in [0.1, 0.15) is 52.4 Å². The number of hydrogen-bond donors (Lipinski definition) is 1. The molecule has 0 saturated carbocycles. The van der Waals surface area contributed by atoms with Gasteiger partial charge in [0.05, 0.1) is 6.04 Å². The molecule has 1 aliphatic carbocycles. The lowest BCUT2D eigenvalue weighted by molar-refractivity contribution is 0.612. The third-order valence-electron chi connectivity index (χ3n) is 3.85. The van der Waals surface area contributed by atoms with Gasteiger partial charge < -0.3 is 5.32 Å². The molecule has 1 N–H and O–H groups in total. The predicted molar refractivity (Wildman–Crippen MR) is 98.1 cm³/mol. The molecule has 114 valence electrons. The van der Waals surface area contributed by atoms with Gasteiger partial charge in [-0.2, -0.15) is 0 Å². The van der Waals surface area contributed by atoms with Gasteiger partial charge in [0.15, 0.2) is 0 Å². The van der Waals surface area contributed by atoms with E-state index < -0.39 is 0 Å². The molecular weight excluding hydrogens is 386 g/mol. The molecule has 0 aliphatic heterocycles. The summed E-state index contributed by atoms with van der Waals surface area (Å²) in [4.78, 5) is 4.35. The van der Waals surface area contributed by atoms with Crippen molar-refractivity contribution in [3.05, 3.63) is 41.1 Å². The Balaban J connectivity index is 1.92. The first-order valence-corrected chi connectivity index (χ1v) is 10.3. The summed E-state index contributed by atoms with van der Waals surface area (Å²) in [6.07, 6.45) is 6.33. The van der Waals surface area contributed by atoms with E-state index in [-0.39, 0.29) is 6.04 Å². The van der Waals surface area contributed by atoms with E-state index in [1.165, 1.54) is 35.4 Å². The van der Waals surface area contributed by atoms with Gasteiger partial charge in [0.2, 0.25) is 0 Å². The number of rotatable bonds is 5. The standard InChI is InChI=1S/C16H19BrClNS2/c1-2-7-19-15(14-9-11(17)16(18)21-14)13-8-10-5-3-4-6-12(10)20-13/h8-9,15,19H,2-7H2,1H3. The third kappa shape index (κ3) is 3.56. The minimum atomic E-state index is 0.286. The van der Waals surface area contributed by atoms with Crippen LogP contribution >= 0.6 is 50.2 Å². The van der Waals surface area contributed by atoms with Crippen LogP contribution in [-0.4, -0.2) is 6.54 Å². The van der Waals surface area contributed by atoms with Gasteiger partial charge in [0, 0.05) is 19.1 Å². The molecule has 0 amide bonds. The Morgan fingerprint density at radius 3 is 2.67 bits per heavy atom. The lowest BCUT2D eigenvalue weighted by atomic mass is 9.98. The van der Waals surface area contributed by atoms with Crippen LogP contribution < -0.4 is 5.32 Å². The van der Waals surface area contributed by atoms with Crippen molar-refractivity contribution in [3.63, 3.8) is 0 Å². The highest BCUT2D eigenvalue weighted by Gasteiger charge is 2.22. The number of thiophene rings is 2. The molecule has 5 heteroatoms. The third-order valence-corrected chi connectivity index (χ3v) is 7.69. The van der Waals surface area contributed by atoms with Crippen LogP contribution in [0.2, 0.25) is 4.34 Å². The topological polar surface area (TPSA) is 12.0 Å². The first-order valence-electron chi connectivity index (χ1n) is 7.48. The Morgan fingerprint density at radius 2 is 2.00 bits per heavy atom. The van der Waals surface area contributed by atoms with Crippen LogP contribution in [-0.2, 0) is 12.8 Å². The van der Waals surface area contributed by atoms with E-state index in [0.29, 0.717) is 0 Å². The second kappa shape index (κ2) is 7.14. The zero-order chi connectivity index (χ0) is 14.8. The summed E-state index contributed by atoms with van der Waals surface area (Å²) in [5, 5.41) is 3.69. The largest absolute Gasteiger partial charge is 0.305 e. The first kappa shape index (κ1) is 16.0. The van der Waals surface area contributed by atoms with Gasteiger partial charge in [-0.1, -0.05) is 18.5 Å². The summed E-state index contributed by atoms with van der Waals surface area (Å²) in [7, 11) is 0. The Kier molecular flexibility index (Phi) is 5.44. The molecule has 0 bridgehead atoms. The van der Waals surface area contributed by atoms with Crippen molar-refractivity contribution in [2.75, 3.05) is 6.54 Å². The van der Waals surface area contributed by atoms with Crippen LogP contribution in [0.15, 0.2) is 16.6 Å². The Morgan fingerprint density at radius 1 is 1.24 bits per heavy atom. The van der Waals surface area contributed by atoms with Crippen molar-refractivity contribution in [1.29, 1.82) is 0 Å². The van der Waals surface area contributed by atoms with Gasteiger partial charge in [-0.3, -0.25) is 0 Å². The van der Waals surface area contributed by atoms with Gasteiger partial charge in [-0.15, -0.1) is 22.7 Å². The van der Waals surface area contributed by atoms with Crippen LogP contribution in [0, 0.1) is 0 Å². The molecule has 2 aromatic rings. The molecule has 1 atom stereocenters. The summed E-state index contributed by atoms with van der Waals surface area (Å²) < 4.78 is 1.85. The van der Waals surface area contributed by atoms with E-state index >= 15 is 0 Å². The molecule has 2 heterocycles. The maximum Gasteiger partial charge on any atom is 0.107 e. The average molecular weight is 405 g/mol. The van der Waals surface area contributed by atoms with E-state index in [1.807, 2.05) is 11.3 Å². The number of aryl methyl sites for hydroxylation is 2. The molecule has 1 unspecified atom stereocenters. The molecule has 0 radical (unpaired) electrons. The van der Waals surface area contributed by atoms with Gasteiger partial charge in [0.25, 0.3) is 0 Å². The summed E-state index contributed by atoms with van der Waals surface area (Å²) in [6, 6.07) is 4.88. The molecule has 3 rings (SSSR count). The fourth-order valence-electron chi connectivity index (χ4n) is 2.79. The number of fused-ring (bicyclic) bond motifs is 1. The Bertz CT molecular complexity index is 577. The highest BCUT2D eigenvalue weighted by molar-refractivity contribution is 9.10. The first-order chi connectivity index (χ1) is 10.2. The van der Waals surface area contributed by atoms with Crippen LogP contribution in [0.4, 0.5) is 0 Å². The average Bonchev–Trinajstić information content (AvgIpc) is 3.04. The zero-order valence-corrected chi connectivity index (χ0v) is 16.0. The molecular formula is C16H19BrClNS2. The minimum absolute atomic E-state index is 0.286. The summed E-state index contributed by atoms with van der Waals surface area (Å²) in [6.45, 7) is 3.24. The lowest BCUT2D eigenvalue weighted by Crippen LogP contribution is -2.21. The van der Waals surface area contributed by atoms with Gasteiger partial charge in [-0.05, 0) is 72.3 Å². The van der Waals surface area contributed by atoms with Crippen LogP contribution in [0.5, 0.6) is 0 Å². The highest BCUT2D eigenvalue weighted by atomic mass is 79.9. The number of nitrogens with one attached hydrogen (secondary N) is 1. The quantitative estimate of drug-likeness (QED) is 0.626. The van der Waals surface area contributed by atoms with Crippen molar-refractivity contribution in [2.45, 2.75) is 45.1 Å². The van der Waals surface area contributed by atoms with E-state index in [0.717, 1.165) is 21.8 Å². The number of halogens is 2. The van der Waals surface area contributed by atoms with Gasteiger partial charge in [0.1, 0.15) is 4.34 Å². The zero-order valence-electron chi connectivity index (χ0n) is 12.0. The van der Waals surface area contributed by atoms with Gasteiger partial charge in [-0.25, -0.2) is 0 Å². The maximum absolute atomic E-state index is 6.24. The van der Waals surface area contributed by atoms with Crippen molar-refractivity contribution < 1.29 is 0 Å².